The zero-order valence-electron chi connectivity index (χ0n) is 9.81. The summed E-state index contributed by atoms with van der Waals surface area (Å²) in [7, 11) is 3.84. The zero-order chi connectivity index (χ0) is 10.8. The van der Waals surface area contributed by atoms with Crippen molar-refractivity contribution >= 4 is 0 Å². The Morgan fingerprint density at radius 1 is 1.43 bits per heavy atom. The highest BCUT2D eigenvalue weighted by atomic mass is 16.5. The van der Waals surface area contributed by atoms with Crippen LogP contribution < -0.4 is 5.32 Å². The second-order valence-electron chi connectivity index (χ2n) is 3.58. The lowest BCUT2D eigenvalue weighted by atomic mass is 10.2. The maximum absolute atomic E-state index is 5.00. The molecule has 0 saturated heterocycles. The van der Waals surface area contributed by atoms with E-state index >= 15 is 0 Å². The minimum atomic E-state index is 0.804. The van der Waals surface area contributed by atoms with E-state index in [1.54, 1.807) is 7.11 Å². The Morgan fingerprint density at radius 2 is 2.14 bits per heavy atom. The lowest BCUT2D eigenvalue weighted by molar-refractivity contribution is 0.161. The number of likely N-dealkylation sites (N-methyl/N-ethyl adjacent to an activating group) is 1. The van der Waals surface area contributed by atoms with Gasteiger partial charge in [-0.05, 0) is 13.5 Å². The minimum Gasteiger partial charge on any atom is -0.383 e. The third kappa shape index (κ3) is 8.23. The smallest absolute Gasteiger partial charge is 0.0589 e. The van der Waals surface area contributed by atoms with Gasteiger partial charge in [-0.25, -0.2) is 0 Å². The summed E-state index contributed by atoms with van der Waals surface area (Å²) < 4.78 is 5.00. The summed E-state index contributed by atoms with van der Waals surface area (Å²) in [5.41, 5.74) is 1.27. The van der Waals surface area contributed by atoms with Crippen LogP contribution in [0.5, 0.6) is 0 Å². The first kappa shape index (κ1) is 13.6. The molecular formula is C11H24N2O. The number of nitrogens with one attached hydrogen (secondary N) is 1. The molecule has 3 nitrogen and oxygen atoms in total. The normalized spacial score (nSPS) is 10.9. The van der Waals surface area contributed by atoms with Crippen LogP contribution in [0.4, 0.5) is 0 Å². The van der Waals surface area contributed by atoms with Crippen molar-refractivity contribution in [2.75, 3.05) is 46.9 Å². The summed E-state index contributed by atoms with van der Waals surface area (Å²) in [5, 5.41) is 3.36. The van der Waals surface area contributed by atoms with Crippen LogP contribution in [-0.4, -0.2) is 51.8 Å². The molecule has 0 aliphatic carbocycles. The largest absolute Gasteiger partial charge is 0.383 e. The summed E-state index contributed by atoms with van der Waals surface area (Å²) in [4.78, 5) is 2.26. The van der Waals surface area contributed by atoms with Crippen LogP contribution in [0, 0.1) is 0 Å². The molecule has 0 aromatic carbocycles. The Bertz CT molecular complexity index is 148. The Hall–Kier alpha value is -0.380. The van der Waals surface area contributed by atoms with Crippen molar-refractivity contribution in [1.82, 2.24) is 10.2 Å². The van der Waals surface area contributed by atoms with E-state index in [-0.39, 0.29) is 0 Å². The summed E-state index contributed by atoms with van der Waals surface area (Å²) in [6.07, 6.45) is 1.06. The van der Waals surface area contributed by atoms with Crippen LogP contribution in [0.15, 0.2) is 12.2 Å². The first-order valence-electron chi connectivity index (χ1n) is 5.25. The SMILES string of the molecule is C=C(CC)CNCCN(C)CCOC. The van der Waals surface area contributed by atoms with Crippen LogP contribution in [0.1, 0.15) is 13.3 Å². The van der Waals surface area contributed by atoms with Gasteiger partial charge in [-0.1, -0.05) is 19.1 Å². The first-order valence-corrected chi connectivity index (χ1v) is 5.25. The van der Waals surface area contributed by atoms with E-state index < -0.39 is 0 Å². The molecule has 0 spiro atoms. The Balaban J connectivity index is 3.22. The summed E-state index contributed by atoms with van der Waals surface area (Å²) in [6.45, 7) is 10.9. The predicted octanol–water partition coefficient (Wildman–Crippen LogP) is 1.12. The van der Waals surface area contributed by atoms with Gasteiger partial charge in [0.2, 0.25) is 0 Å². The molecule has 0 heterocycles. The van der Waals surface area contributed by atoms with Gasteiger partial charge in [-0.3, -0.25) is 0 Å². The monoisotopic (exact) mass is 200 g/mol. The molecule has 0 aliphatic rings. The predicted molar refractivity (Wildman–Crippen MR) is 61.7 cm³/mol. The van der Waals surface area contributed by atoms with Crippen molar-refractivity contribution in [2.45, 2.75) is 13.3 Å². The van der Waals surface area contributed by atoms with Gasteiger partial charge < -0.3 is 15.0 Å². The number of nitrogens with zero attached hydrogens (tertiary/aromatic N) is 1. The third-order valence-corrected chi connectivity index (χ3v) is 2.22. The first-order chi connectivity index (χ1) is 6.70. The molecule has 1 N–H and O–H groups in total. The quantitative estimate of drug-likeness (QED) is 0.446. The van der Waals surface area contributed by atoms with Crippen molar-refractivity contribution in [2.24, 2.45) is 0 Å². The number of rotatable bonds is 9. The van der Waals surface area contributed by atoms with Gasteiger partial charge in [-0.15, -0.1) is 0 Å². The summed E-state index contributed by atoms with van der Waals surface area (Å²) >= 11 is 0. The fourth-order valence-corrected chi connectivity index (χ4v) is 1.02. The van der Waals surface area contributed by atoms with Gasteiger partial charge in [-0.2, -0.15) is 0 Å². The molecule has 0 aromatic heterocycles. The lowest BCUT2D eigenvalue weighted by Gasteiger charge is -2.16. The average molecular weight is 200 g/mol. The molecule has 14 heavy (non-hydrogen) atoms. The van der Waals surface area contributed by atoms with Crippen molar-refractivity contribution in [3.63, 3.8) is 0 Å². The number of methoxy groups -OCH3 is 1. The molecule has 0 radical (unpaired) electrons. The van der Waals surface area contributed by atoms with E-state index in [9.17, 15) is 0 Å². The molecule has 0 aromatic rings. The molecular weight excluding hydrogens is 176 g/mol. The average Bonchev–Trinajstić information content (AvgIpc) is 2.21. The second-order valence-corrected chi connectivity index (χ2v) is 3.58. The van der Waals surface area contributed by atoms with Gasteiger partial charge in [0, 0.05) is 33.3 Å². The fourth-order valence-electron chi connectivity index (χ4n) is 1.02. The Kier molecular flexibility index (Phi) is 8.94. The third-order valence-electron chi connectivity index (χ3n) is 2.22. The van der Waals surface area contributed by atoms with Crippen LogP contribution in [0.3, 0.4) is 0 Å². The van der Waals surface area contributed by atoms with Crippen LogP contribution in [0.2, 0.25) is 0 Å². The summed E-state index contributed by atoms with van der Waals surface area (Å²) in [5.74, 6) is 0. The van der Waals surface area contributed by atoms with E-state index in [1.165, 1.54) is 5.57 Å². The van der Waals surface area contributed by atoms with Crippen LogP contribution in [-0.2, 0) is 4.74 Å². The molecule has 0 rings (SSSR count). The number of hydrogen-bond acceptors (Lipinski definition) is 3. The maximum atomic E-state index is 5.00. The number of ether oxygens (including phenoxy) is 1. The molecule has 0 bridgehead atoms. The molecule has 84 valence electrons. The Labute approximate surface area is 88.1 Å². The van der Waals surface area contributed by atoms with Gasteiger partial charge in [0.15, 0.2) is 0 Å². The fraction of sp³-hybridized carbons (Fsp3) is 0.818. The van der Waals surface area contributed by atoms with E-state index in [0.717, 1.165) is 39.2 Å². The Morgan fingerprint density at radius 3 is 2.71 bits per heavy atom. The van der Waals surface area contributed by atoms with Crippen molar-refractivity contribution in [3.05, 3.63) is 12.2 Å². The molecule has 3 heteroatoms. The second kappa shape index (κ2) is 9.19. The van der Waals surface area contributed by atoms with Crippen LogP contribution in [0.25, 0.3) is 0 Å². The molecule has 0 atom stereocenters. The van der Waals surface area contributed by atoms with Crippen molar-refractivity contribution in [1.29, 1.82) is 0 Å². The minimum absolute atomic E-state index is 0.804. The molecule has 0 unspecified atom stereocenters. The van der Waals surface area contributed by atoms with Gasteiger partial charge >= 0.3 is 0 Å². The van der Waals surface area contributed by atoms with E-state index in [2.05, 4.69) is 30.8 Å². The van der Waals surface area contributed by atoms with Gasteiger partial charge in [0.05, 0.1) is 6.61 Å². The standard InChI is InChI=1S/C11H24N2O/c1-5-11(2)10-12-6-7-13(3)8-9-14-4/h12H,2,5-10H2,1,3-4H3. The highest BCUT2D eigenvalue weighted by Crippen LogP contribution is 1.92. The van der Waals surface area contributed by atoms with Gasteiger partial charge in [0.1, 0.15) is 0 Å². The molecule has 0 amide bonds. The highest BCUT2D eigenvalue weighted by Gasteiger charge is 1.96. The molecule has 0 aliphatic heterocycles. The lowest BCUT2D eigenvalue weighted by Crippen LogP contribution is -2.32. The van der Waals surface area contributed by atoms with Crippen molar-refractivity contribution in [3.8, 4) is 0 Å². The molecule has 0 saturated carbocycles. The number of hydrogen-bond donors (Lipinski definition) is 1. The van der Waals surface area contributed by atoms with E-state index in [1.807, 2.05) is 0 Å². The summed E-state index contributed by atoms with van der Waals surface area (Å²) in [6, 6.07) is 0. The van der Waals surface area contributed by atoms with E-state index in [4.69, 9.17) is 4.74 Å². The van der Waals surface area contributed by atoms with Crippen LogP contribution >= 0.6 is 0 Å². The maximum Gasteiger partial charge on any atom is 0.0589 e. The van der Waals surface area contributed by atoms with E-state index in [0.29, 0.717) is 0 Å². The molecule has 0 fully saturated rings. The topological polar surface area (TPSA) is 24.5 Å². The van der Waals surface area contributed by atoms with Crippen molar-refractivity contribution < 1.29 is 4.74 Å². The zero-order valence-corrected chi connectivity index (χ0v) is 9.81. The van der Waals surface area contributed by atoms with Gasteiger partial charge in [0.25, 0.3) is 0 Å². The highest BCUT2D eigenvalue weighted by molar-refractivity contribution is 4.94.